The standard InChI is InChI=1S/C19H14O2S/c20-19(21)12-10-15-6-3-4-8-18(15)22-17-11-9-14-5-1-2-7-16(14)13-17/h1-13H,(H,20,21)/p-1/b12-10+. The molecule has 0 radical (unpaired) electrons. The van der Waals surface area contributed by atoms with Gasteiger partial charge in [0.1, 0.15) is 0 Å². The SMILES string of the molecule is O=C([O-])/C=C/c1ccccc1Sc1ccc2ccccc2c1. The summed E-state index contributed by atoms with van der Waals surface area (Å²) < 4.78 is 0. The van der Waals surface area contributed by atoms with Crippen molar-refractivity contribution >= 4 is 34.6 Å². The van der Waals surface area contributed by atoms with Gasteiger partial charge in [0.15, 0.2) is 0 Å². The van der Waals surface area contributed by atoms with Gasteiger partial charge in [0.05, 0.1) is 5.97 Å². The topological polar surface area (TPSA) is 40.1 Å². The summed E-state index contributed by atoms with van der Waals surface area (Å²) in [6.45, 7) is 0. The Balaban J connectivity index is 1.93. The molecule has 0 bridgehead atoms. The van der Waals surface area contributed by atoms with Crippen LogP contribution in [0.5, 0.6) is 0 Å². The number of aliphatic carboxylic acids is 1. The van der Waals surface area contributed by atoms with E-state index in [2.05, 4.69) is 30.3 Å². The van der Waals surface area contributed by atoms with Crippen LogP contribution in [-0.4, -0.2) is 5.97 Å². The van der Waals surface area contributed by atoms with E-state index in [0.29, 0.717) is 0 Å². The van der Waals surface area contributed by atoms with E-state index < -0.39 is 5.97 Å². The summed E-state index contributed by atoms with van der Waals surface area (Å²) in [5.74, 6) is -1.19. The molecule has 108 valence electrons. The van der Waals surface area contributed by atoms with Crippen molar-refractivity contribution < 1.29 is 9.90 Å². The predicted octanol–water partition coefficient (Wildman–Crippen LogP) is 3.75. The minimum absolute atomic E-state index is 0.866. The summed E-state index contributed by atoms with van der Waals surface area (Å²) in [6.07, 6.45) is 2.62. The highest BCUT2D eigenvalue weighted by Gasteiger charge is 2.03. The van der Waals surface area contributed by atoms with Gasteiger partial charge < -0.3 is 9.90 Å². The van der Waals surface area contributed by atoms with E-state index in [0.717, 1.165) is 21.4 Å². The zero-order chi connectivity index (χ0) is 15.4. The third-order valence-electron chi connectivity index (χ3n) is 3.27. The molecule has 3 aromatic carbocycles. The first kappa shape index (κ1) is 14.4. The van der Waals surface area contributed by atoms with E-state index in [-0.39, 0.29) is 0 Å². The lowest BCUT2D eigenvalue weighted by molar-refractivity contribution is -0.297. The molecule has 0 fully saturated rings. The van der Waals surface area contributed by atoms with Gasteiger partial charge in [0.2, 0.25) is 0 Å². The first-order valence-corrected chi connectivity index (χ1v) is 7.69. The summed E-state index contributed by atoms with van der Waals surface area (Å²) in [4.78, 5) is 12.7. The summed E-state index contributed by atoms with van der Waals surface area (Å²) >= 11 is 1.62. The Labute approximate surface area is 133 Å². The van der Waals surface area contributed by atoms with Crippen molar-refractivity contribution in [1.82, 2.24) is 0 Å². The Kier molecular flexibility index (Phi) is 4.26. The summed E-state index contributed by atoms with van der Waals surface area (Å²) in [5.41, 5.74) is 0.866. The Morgan fingerprint density at radius 1 is 0.909 bits per heavy atom. The van der Waals surface area contributed by atoms with Crippen LogP contribution in [-0.2, 0) is 4.79 Å². The molecule has 2 nitrogen and oxygen atoms in total. The molecule has 0 aliphatic carbocycles. The molecule has 0 N–H and O–H groups in total. The van der Waals surface area contributed by atoms with Crippen LogP contribution in [0.25, 0.3) is 16.8 Å². The molecule has 0 aromatic heterocycles. The number of benzene rings is 3. The second kappa shape index (κ2) is 6.50. The molecule has 0 saturated heterocycles. The van der Waals surface area contributed by atoms with E-state index in [9.17, 15) is 9.90 Å². The highest BCUT2D eigenvalue weighted by Crippen LogP contribution is 2.32. The van der Waals surface area contributed by atoms with Crippen molar-refractivity contribution in [1.29, 1.82) is 0 Å². The molecule has 0 aliphatic rings. The lowest BCUT2D eigenvalue weighted by Gasteiger charge is -2.07. The van der Waals surface area contributed by atoms with E-state index in [1.807, 2.05) is 36.4 Å². The maximum absolute atomic E-state index is 10.6. The van der Waals surface area contributed by atoms with Crippen LogP contribution >= 0.6 is 11.8 Å². The van der Waals surface area contributed by atoms with Gasteiger partial charge in [-0.2, -0.15) is 0 Å². The molecule has 0 saturated carbocycles. The fourth-order valence-corrected chi connectivity index (χ4v) is 3.20. The first-order valence-electron chi connectivity index (χ1n) is 6.87. The van der Waals surface area contributed by atoms with Crippen molar-refractivity contribution in [3.63, 3.8) is 0 Å². The monoisotopic (exact) mass is 305 g/mol. The van der Waals surface area contributed by atoms with Crippen molar-refractivity contribution in [3.8, 4) is 0 Å². The maximum Gasteiger partial charge on any atom is 0.0643 e. The van der Waals surface area contributed by atoms with E-state index in [4.69, 9.17) is 0 Å². The van der Waals surface area contributed by atoms with E-state index >= 15 is 0 Å². The smallest absolute Gasteiger partial charge is 0.0643 e. The van der Waals surface area contributed by atoms with Crippen molar-refractivity contribution in [2.24, 2.45) is 0 Å². The number of hydrogen-bond acceptors (Lipinski definition) is 3. The molecular formula is C19H13O2S-. The fourth-order valence-electron chi connectivity index (χ4n) is 2.23. The van der Waals surface area contributed by atoms with Crippen LogP contribution in [0.3, 0.4) is 0 Å². The van der Waals surface area contributed by atoms with Gasteiger partial charge in [-0.15, -0.1) is 0 Å². The Morgan fingerprint density at radius 2 is 1.64 bits per heavy atom. The minimum Gasteiger partial charge on any atom is -0.545 e. The summed E-state index contributed by atoms with van der Waals surface area (Å²) in [5, 5.41) is 13.0. The lowest BCUT2D eigenvalue weighted by atomic mass is 10.1. The van der Waals surface area contributed by atoms with Crippen molar-refractivity contribution in [3.05, 3.63) is 78.4 Å². The largest absolute Gasteiger partial charge is 0.545 e. The van der Waals surface area contributed by atoms with Crippen LogP contribution < -0.4 is 5.11 Å². The number of rotatable bonds is 4. The molecule has 0 unspecified atom stereocenters. The third-order valence-corrected chi connectivity index (χ3v) is 4.35. The summed E-state index contributed by atoms with van der Waals surface area (Å²) in [6, 6.07) is 22.2. The number of fused-ring (bicyclic) bond motifs is 1. The van der Waals surface area contributed by atoms with Gasteiger partial charge in [-0.3, -0.25) is 0 Å². The number of hydrogen-bond donors (Lipinski definition) is 0. The maximum atomic E-state index is 10.6. The molecule has 22 heavy (non-hydrogen) atoms. The van der Waals surface area contributed by atoms with Crippen molar-refractivity contribution in [2.75, 3.05) is 0 Å². The van der Waals surface area contributed by atoms with Gasteiger partial charge in [0.25, 0.3) is 0 Å². The zero-order valence-electron chi connectivity index (χ0n) is 11.7. The van der Waals surface area contributed by atoms with Crippen LogP contribution in [0.15, 0.2) is 82.6 Å². The van der Waals surface area contributed by atoms with Gasteiger partial charge in [-0.1, -0.05) is 66.4 Å². The second-order valence-electron chi connectivity index (χ2n) is 4.80. The van der Waals surface area contributed by atoms with E-state index in [1.54, 1.807) is 17.8 Å². The molecule has 0 heterocycles. The van der Waals surface area contributed by atoms with Crippen LogP contribution in [0.4, 0.5) is 0 Å². The highest BCUT2D eigenvalue weighted by atomic mass is 32.2. The number of carbonyl (C=O) groups excluding carboxylic acids is 1. The van der Waals surface area contributed by atoms with Crippen molar-refractivity contribution in [2.45, 2.75) is 9.79 Å². The minimum atomic E-state index is -1.19. The molecule has 3 rings (SSSR count). The molecule has 3 heteroatoms. The zero-order valence-corrected chi connectivity index (χ0v) is 12.5. The van der Waals surface area contributed by atoms with Gasteiger partial charge in [-0.05, 0) is 40.6 Å². The summed E-state index contributed by atoms with van der Waals surface area (Å²) in [7, 11) is 0. The number of carbonyl (C=O) groups is 1. The molecule has 0 spiro atoms. The highest BCUT2D eigenvalue weighted by molar-refractivity contribution is 7.99. The third kappa shape index (κ3) is 3.38. The van der Waals surface area contributed by atoms with Gasteiger partial charge >= 0.3 is 0 Å². The van der Waals surface area contributed by atoms with E-state index in [1.165, 1.54) is 10.8 Å². The van der Waals surface area contributed by atoms with Crippen LogP contribution in [0, 0.1) is 0 Å². The Bertz CT molecular complexity index is 853. The molecule has 0 aliphatic heterocycles. The Morgan fingerprint density at radius 3 is 2.45 bits per heavy atom. The average Bonchev–Trinajstić information content (AvgIpc) is 2.54. The van der Waals surface area contributed by atoms with Gasteiger partial charge in [0, 0.05) is 9.79 Å². The Hall–Kier alpha value is -2.52. The predicted molar refractivity (Wildman–Crippen MR) is 88.6 cm³/mol. The second-order valence-corrected chi connectivity index (χ2v) is 5.92. The number of carboxylic acids is 1. The molecule has 0 atom stereocenters. The normalized spacial score (nSPS) is 11.1. The van der Waals surface area contributed by atoms with Crippen LogP contribution in [0.2, 0.25) is 0 Å². The average molecular weight is 305 g/mol. The molecule has 3 aromatic rings. The molecular weight excluding hydrogens is 292 g/mol. The molecule has 0 amide bonds. The number of carboxylic acid groups (broad SMARTS) is 1. The lowest BCUT2D eigenvalue weighted by Crippen LogP contribution is -2.18. The fraction of sp³-hybridized carbons (Fsp3) is 0. The van der Waals surface area contributed by atoms with Crippen LogP contribution in [0.1, 0.15) is 5.56 Å². The quantitative estimate of drug-likeness (QED) is 0.689. The first-order chi connectivity index (χ1) is 10.7. The van der Waals surface area contributed by atoms with Gasteiger partial charge in [-0.25, -0.2) is 0 Å².